The van der Waals surface area contributed by atoms with E-state index in [4.69, 9.17) is 5.73 Å². The highest BCUT2D eigenvalue weighted by Gasteiger charge is 2.18. The molecule has 0 aromatic heterocycles. The van der Waals surface area contributed by atoms with Crippen molar-refractivity contribution in [2.24, 2.45) is 5.73 Å². The molecule has 1 rings (SSSR count). The van der Waals surface area contributed by atoms with Crippen molar-refractivity contribution in [3.63, 3.8) is 0 Å². The summed E-state index contributed by atoms with van der Waals surface area (Å²) in [6, 6.07) is 7.82. The molecule has 3 heteroatoms. The third kappa shape index (κ3) is 3.14. The molecule has 0 amide bonds. The Balaban J connectivity index is 2.80. The number of hydrogen-bond acceptors (Lipinski definition) is 2. The van der Waals surface area contributed by atoms with E-state index in [0.717, 1.165) is 11.3 Å². The first-order valence-corrected chi connectivity index (χ1v) is 6.50. The zero-order chi connectivity index (χ0) is 11.4. The molecule has 1 aromatic rings. The van der Waals surface area contributed by atoms with Crippen molar-refractivity contribution in [1.29, 1.82) is 0 Å². The van der Waals surface area contributed by atoms with Crippen molar-refractivity contribution in [2.45, 2.75) is 43.4 Å². The lowest BCUT2D eigenvalue weighted by molar-refractivity contribution is 0.610. The fourth-order valence-corrected chi connectivity index (χ4v) is 2.72. The molecule has 0 heterocycles. The molecule has 0 aliphatic heterocycles. The highest BCUT2D eigenvalue weighted by atomic mass is 32.2. The van der Waals surface area contributed by atoms with E-state index in [-0.39, 0.29) is 11.3 Å². The summed E-state index contributed by atoms with van der Waals surface area (Å²) < 4.78 is 12.1. The van der Waals surface area contributed by atoms with Gasteiger partial charge in [0.15, 0.2) is 0 Å². The Morgan fingerprint density at radius 1 is 1.33 bits per heavy atom. The SMILES string of the molecule is CCC(N)C(C)S(=O)c1ccc(C)cc1. The van der Waals surface area contributed by atoms with Gasteiger partial charge in [0.1, 0.15) is 0 Å². The molecule has 0 aliphatic carbocycles. The van der Waals surface area contributed by atoms with E-state index in [2.05, 4.69) is 0 Å². The first-order chi connectivity index (χ1) is 7.06. The van der Waals surface area contributed by atoms with E-state index in [0.29, 0.717) is 0 Å². The minimum absolute atomic E-state index is 0.00661. The number of aryl methyl sites for hydroxylation is 1. The Hall–Kier alpha value is -0.670. The van der Waals surface area contributed by atoms with Crippen LogP contribution in [0.4, 0.5) is 0 Å². The first-order valence-electron chi connectivity index (χ1n) is 5.29. The van der Waals surface area contributed by atoms with Gasteiger partial charge < -0.3 is 5.73 Å². The van der Waals surface area contributed by atoms with Gasteiger partial charge in [-0.05, 0) is 32.4 Å². The van der Waals surface area contributed by atoms with Crippen LogP contribution in [0.2, 0.25) is 0 Å². The zero-order valence-corrected chi connectivity index (χ0v) is 10.4. The molecule has 0 fully saturated rings. The minimum Gasteiger partial charge on any atom is -0.327 e. The predicted octanol–water partition coefficient (Wildman–Crippen LogP) is 2.23. The fraction of sp³-hybridized carbons (Fsp3) is 0.500. The molecule has 0 aliphatic rings. The molecule has 15 heavy (non-hydrogen) atoms. The summed E-state index contributed by atoms with van der Waals surface area (Å²) in [5, 5.41) is 0.0118. The van der Waals surface area contributed by atoms with Crippen molar-refractivity contribution in [1.82, 2.24) is 0 Å². The van der Waals surface area contributed by atoms with Gasteiger partial charge in [-0.1, -0.05) is 24.6 Å². The molecule has 84 valence electrons. The molecule has 3 atom stereocenters. The summed E-state index contributed by atoms with van der Waals surface area (Å²) >= 11 is 0. The monoisotopic (exact) mass is 225 g/mol. The van der Waals surface area contributed by atoms with Crippen molar-refractivity contribution in [3.05, 3.63) is 29.8 Å². The van der Waals surface area contributed by atoms with Crippen LogP contribution in [0.3, 0.4) is 0 Å². The summed E-state index contributed by atoms with van der Waals surface area (Å²) in [7, 11) is -0.991. The standard InChI is InChI=1S/C12H19NOS/c1-4-12(13)10(3)15(14)11-7-5-9(2)6-8-11/h5-8,10,12H,4,13H2,1-3H3. The quantitative estimate of drug-likeness (QED) is 0.854. The third-order valence-corrected chi connectivity index (χ3v) is 4.43. The molecule has 1 aromatic carbocycles. The molecular weight excluding hydrogens is 206 g/mol. The molecular formula is C12H19NOS. The summed E-state index contributed by atoms with van der Waals surface area (Å²) in [6.07, 6.45) is 0.860. The van der Waals surface area contributed by atoms with Gasteiger partial charge in [0.25, 0.3) is 0 Å². The second-order valence-corrected chi connectivity index (χ2v) is 5.70. The topological polar surface area (TPSA) is 43.1 Å². The van der Waals surface area contributed by atoms with Crippen LogP contribution in [-0.4, -0.2) is 15.5 Å². The number of rotatable bonds is 4. The summed E-state index contributed by atoms with van der Waals surface area (Å²) in [5.74, 6) is 0. The normalized spacial score (nSPS) is 17.1. The summed E-state index contributed by atoms with van der Waals surface area (Å²) in [4.78, 5) is 0.872. The van der Waals surface area contributed by atoms with E-state index < -0.39 is 10.8 Å². The van der Waals surface area contributed by atoms with Crippen LogP contribution in [-0.2, 0) is 10.8 Å². The maximum atomic E-state index is 12.1. The summed E-state index contributed by atoms with van der Waals surface area (Å²) in [6.45, 7) is 5.99. The van der Waals surface area contributed by atoms with Crippen LogP contribution < -0.4 is 5.73 Å². The molecule has 0 saturated heterocycles. The average Bonchev–Trinajstić information content (AvgIpc) is 2.27. The van der Waals surface area contributed by atoms with E-state index in [9.17, 15) is 4.21 Å². The molecule has 0 radical (unpaired) electrons. The van der Waals surface area contributed by atoms with Gasteiger partial charge in [0.2, 0.25) is 0 Å². The highest BCUT2D eigenvalue weighted by molar-refractivity contribution is 7.85. The van der Waals surface area contributed by atoms with Crippen molar-refractivity contribution >= 4 is 10.8 Å². The van der Waals surface area contributed by atoms with Crippen molar-refractivity contribution < 1.29 is 4.21 Å². The van der Waals surface area contributed by atoms with Gasteiger partial charge in [0.05, 0.1) is 16.0 Å². The minimum atomic E-state index is -0.991. The van der Waals surface area contributed by atoms with Gasteiger partial charge in [-0.25, -0.2) is 0 Å². The second-order valence-electron chi connectivity index (χ2n) is 3.89. The van der Waals surface area contributed by atoms with Gasteiger partial charge in [-0.2, -0.15) is 0 Å². The Kier molecular flexibility index (Phi) is 4.48. The van der Waals surface area contributed by atoms with Crippen LogP contribution in [0.1, 0.15) is 25.8 Å². The molecule has 0 saturated carbocycles. The van der Waals surface area contributed by atoms with E-state index in [1.807, 2.05) is 45.0 Å². The lowest BCUT2D eigenvalue weighted by Crippen LogP contribution is -2.34. The van der Waals surface area contributed by atoms with Crippen LogP contribution in [0.25, 0.3) is 0 Å². The van der Waals surface area contributed by atoms with Crippen molar-refractivity contribution in [2.75, 3.05) is 0 Å². The van der Waals surface area contributed by atoms with E-state index in [1.54, 1.807) is 0 Å². The molecule has 2 N–H and O–H groups in total. The number of hydrogen-bond donors (Lipinski definition) is 1. The van der Waals surface area contributed by atoms with Gasteiger partial charge in [0, 0.05) is 10.9 Å². The Labute approximate surface area is 94.3 Å². The lowest BCUT2D eigenvalue weighted by Gasteiger charge is -2.17. The lowest BCUT2D eigenvalue weighted by atomic mass is 10.2. The smallest absolute Gasteiger partial charge is 0.0573 e. The van der Waals surface area contributed by atoms with Crippen LogP contribution in [0.5, 0.6) is 0 Å². The Bertz CT molecular complexity index is 334. The van der Waals surface area contributed by atoms with Crippen LogP contribution in [0, 0.1) is 6.92 Å². The third-order valence-electron chi connectivity index (χ3n) is 2.67. The van der Waals surface area contributed by atoms with Gasteiger partial charge >= 0.3 is 0 Å². The highest BCUT2D eigenvalue weighted by Crippen LogP contribution is 2.15. The molecule has 0 bridgehead atoms. The van der Waals surface area contributed by atoms with Gasteiger partial charge in [-0.15, -0.1) is 0 Å². The summed E-state index contributed by atoms with van der Waals surface area (Å²) in [5.41, 5.74) is 7.08. The van der Waals surface area contributed by atoms with Crippen LogP contribution >= 0.6 is 0 Å². The van der Waals surface area contributed by atoms with E-state index in [1.165, 1.54) is 5.56 Å². The maximum absolute atomic E-state index is 12.1. The number of benzene rings is 1. The Morgan fingerprint density at radius 2 is 1.87 bits per heavy atom. The second kappa shape index (κ2) is 5.42. The largest absolute Gasteiger partial charge is 0.327 e. The first kappa shape index (κ1) is 12.4. The van der Waals surface area contributed by atoms with Crippen molar-refractivity contribution in [3.8, 4) is 0 Å². The number of nitrogens with two attached hydrogens (primary N) is 1. The van der Waals surface area contributed by atoms with E-state index >= 15 is 0 Å². The predicted molar refractivity (Wildman–Crippen MR) is 65.3 cm³/mol. The average molecular weight is 225 g/mol. The van der Waals surface area contributed by atoms with Gasteiger partial charge in [-0.3, -0.25) is 4.21 Å². The molecule has 2 nitrogen and oxygen atoms in total. The zero-order valence-electron chi connectivity index (χ0n) is 9.57. The molecule has 0 spiro atoms. The molecule has 3 unspecified atom stereocenters. The Morgan fingerprint density at radius 3 is 2.33 bits per heavy atom. The van der Waals surface area contributed by atoms with Crippen LogP contribution in [0.15, 0.2) is 29.2 Å². The fourth-order valence-electron chi connectivity index (χ4n) is 1.38. The maximum Gasteiger partial charge on any atom is 0.0573 e.